The number of likely N-dealkylation sites (tertiary alicyclic amines) is 1. The van der Waals surface area contributed by atoms with Crippen molar-refractivity contribution in [3.05, 3.63) is 66.2 Å². The minimum atomic E-state index is -4.50. The Balaban J connectivity index is 0.948. The minimum absolute atomic E-state index is 0.0574. The number of aromatic nitrogens is 1. The number of nitrogens with zero attached hydrogens (tertiary/aromatic N) is 2. The molecule has 16 heteroatoms. The molecule has 3 fully saturated rings. The summed E-state index contributed by atoms with van der Waals surface area (Å²) in [6, 6.07) is 10.5. The summed E-state index contributed by atoms with van der Waals surface area (Å²) >= 11 is 0. The zero-order valence-corrected chi connectivity index (χ0v) is 31.5. The number of halogens is 3. The number of furan rings is 1. The number of methoxy groups -OCH3 is 1. The number of primary amides is 1. The Kier molecular flexibility index (Phi) is 11.0. The first-order valence-electron chi connectivity index (χ1n) is 18.8. The first-order valence-corrected chi connectivity index (χ1v) is 20.3. The quantitative estimate of drug-likeness (QED) is 0.0931. The van der Waals surface area contributed by atoms with E-state index < -0.39 is 51.0 Å². The van der Waals surface area contributed by atoms with Crippen LogP contribution < -0.4 is 19.9 Å². The van der Waals surface area contributed by atoms with Crippen LogP contribution in [-0.4, -0.2) is 67.1 Å². The number of unbranched alkanes of at least 4 members (excludes halogenated alkanes) is 4. The maximum absolute atomic E-state index is 13.4. The number of hydrogen-bond donors (Lipinski definition) is 2. The summed E-state index contributed by atoms with van der Waals surface area (Å²) in [6.07, 6.45) is 5.03. The van der Waals surface area contributed by atoms with E-state index in [4.69, 9.17) is 24.6 Å². The summed E-state index contributed by atoms with van der Waals surface area (Å²) in [7, 11) is -2.01. The maximum Gasteiger partial charge on any atom is 0.416 e. The first kappa shape index (κ1) is 39.1. The van der Waals surface area contributed by atoms with Gasteiger partial charge in [0.2, 0.25) is 27.7 Å². The van der Waals surface area contributed by atoms with Crippen molar-refractivity contribution in [2.24, 2.45) is 17.6 Å². The van der Waals surface area contributed by atoms with E-state index in [0.29, 0.717) is 64.8 Å². The van der Waals surface area contributed by atoms with Gasteiger partial charge in [0.25, 0.3) is 0 Å². The number of benzene rings is 2. The fraction of sp³-hybridized carbons (Fsp3) is 0.450. The Bertz CT molecular complexity index is 2270. The second kappa shape index (κ2) is 15.8. The summed E-state index contributed by atoms with van der Waals surface area (Å²) in [5.74, 6) is -0.737. The third-order valence-corrected chi connectivity index (χ3v) is 12.4. The molecule has 4 atom stereocenters. The number of hydrogen-bond acceptors (Lipinski definition) is 9. The van der Waals surface area contributed by atoms with Gasteiger partial charge in [0.05, 0.1) is 30.2 Å². The molecular weight excluding hydrogens is 754 g/mol. The minimum Gasteiger partial charge on any atom is -0.497 e. The zero-order chi connectivity index (χ0) is 39.8. The van der Waals surface area contributed by atoms with Gasteiger partial charge in [-0.1, -0.05) is 37.1 Å². The zero-order valence-electron chi connectivity index (χ0n) is 30.7. The van der Waals surface area contributed by atoms with Gasteiger partial charge >= 0.3 is 6.18 Å². The number of pyridine rings is 1. The predicted octanol–water partition coefficient (Wildman–Crippen LogP) is 6.65. The van der Waals surface area contributed by atoms with Gasteiger partial charge in [-0.3, -0.25) is 19.1 Å². The van der Waals surface area contributed by atoms with Crippen molar-refractivity contribution in [2.45, 2.75) is 87.8 Å². The highest BCUT2D eigenvalue weighted by molar-refractivity contribution is 7.90. The third kappa shape index (κ3) is 8.79. The van der Waals surface area contributed by atoms with Gasteiger partial charge in [-0.15, -0.1) is 0 Å². The number of rotatable bonds is 16. The number of ether oxygens (including phenoxy) is 2. The van der Waals surface area contributed by atoms with Crippen LogP contribution in [0, 0.1) is 11.8 Å². The molecule has 2 saturated carbocycles. The number of sulfonamides is 1. The van der Waals surface area contributed by atoms with E-state index in [-0.39, 0.29) is 42.9 Å². The van der Waals surface area contributed by atoms with Gasteiger partial charge in [-0.05, 0) is 68.7 Å². The lowest BCUT2D eigenvalue weighted by molar-refractivity contribution is -0.137. The molecule has 7 rings (SSSR count). The average Bonchev–Trinajstić information content (AvgIpc) is 4.09. The molecule has 1 saturated heterocycles. The lowest BCUT2D eigenvalue weighted by Crippen LogP contribution is -2.43. The third-order valence-electron chi connectivity index (χ3n) is 10.6. The summed E-state index contributed by atoms with van der Waals surface area (Å²) < 4.78 is 84.0. The molecule has 2 aromatic carbocycles. The monoisotopic (exact) mass is 796 g/mol. The smallest absolute Gasteiger partial charge is 0.416 e. The molecule has 0 spiro atoms. The van der Waals surface area contributed by atoms with Crippen LogP contribution in [0.5, 0.6) is 11.5 Å². The summed E-state index contributed by atoms with van der Waals surface area (Å²) in [5, 5.41) is 0.204. The topological polar surface area (TPSA) is 171 Å². The van der Waals surface area contributed by atoms with Crippen molar-refractivity contribution >= 4 is 49.8 Å². The van der Waals surface area contributed by atoms with E-state index >= 15 is 0 Å². The molecule has 1 aliphatic heterocycles. The van der Waals surface area contributed by atoms with Crippen molar-refractivity contribution in [3.8, 4) is 22.8 Å². The summed E-state index contributed by atoms with van der Waals surface area (Å²) in [4.78, 5) is 44.3. The Morgan fingerprint density at radius 2 is 1.79 bits per heavy atom. The van der Waals surface area contributed by atoms with Crippen molar-refractivity contribution in [2.75, 3.05) is 13.7 Å². The largest absolute Gasteiger partial charge is 0.497 e. The van der Waals surface area contributed by atoms with Crippen LogP contribution >= 0.6 is 0 Å². The summed E-state index contributed by atoms with van der Waals surface area (Å²) in [6.45, 7) is 0.0947. The van der Waals surface area contributed by atoms with Crippen LogP contribution in [0.4, 0.5) is 13.2 Å². The van der Waals surface area contributed by atoms with Gasteiger partial charge in [-0.25, -0.2) is 13.4 Å². The van der Waals surface area contributed by atoms with Gasteiger partial charge in [-0.2, -0.15) is 13.2 Å². The van der Waals surface area contributed by atoms with E-state index in [1.54, 1.807) is 24.3 Å². The Morgan fingerprint density at radius 3 is 2.48 bits per heavy atom. The van der Waals surface area contributed by atoms with Gasteiger partial charge in [0, 0.05) is 41.8 Å². The normalized spacial score (nSPS) is 21.2. The molecule has 12 nitrogen and oxygen atoms in total. The molecular formula is C40H43F3N4O8S. The van der Waals surface area contributed by atoms with Crippen molar-refractivity contribution in [3.63, 3.8) is 0 Å². The summed E-state index contributed by atoms with van der Waals surface area (Å²) in [5.41, 5.74) is 6.88. The molecule has 4 aromatic rings. The lowest BCUT2D eigenvalue weighted by Gasteiger charge is -2.22. The fourth-order valence-electron chi connectivity index (χ4n) is 7.20. The van der Waals surface area contributed by atoms with Crippen LogP contribution in [-0.2, 0) is 30.6 Å². The molecule has 0 unspecified atom stereocenters. The number of allylic oxidation sites excluding steroid dienone is 2. The van der Waals surface area contributed by atoms with E-state index in [9.17, 15) is 36.0 Å². The SMILES string of the molecule is COc1ccc2c(c1)oc1c(O[C@@H]3C[C@@H](C(N)=O)N(C(=O)CCCCCC/C=C\[C@@H]4C[C@@H]4C(=O)NS(=O)(=O)C4CC4)C3)cc(-c3ccc(C(F)(F)F)cc3)nc12. The van der Waals surface area contributed by atoms with Gasteiger partial charge in [0.1, 0.15) is 29.0 Å². The fourth-order valence-corrected chi connectivity index (χ4v) is 8.55. The molecule has 3 aliphatic rings. The molecule has 2 aromatic heterocycles. The van der Waals surface area contributed by atoms with Crippen LogP contribution in [0.3, 0.4) is 0 Å². The standard InChI is InChI=1S/C40H43F3N4O8S/c1-53-26-14-17-29-33(20-26)55-37-34(21-31(45-36(29)37)23-10-12-25(13-11-23)40(41,42)43)54-27-19-32(38(44)49)47(22-27)35(48)9-7-5-3-2-4-6-8-24-18-30(24)39(50)46-56(51,52)28-15-16-28/h6,8,10-14,17,20-21,24,27-28,30,32H,2-5,7,9,15-16,18-19,22H2,1H3,(H2,44,49)(H,46,50)/b8-6-/t24-,27-,30+,32+/m1/s1. The van der Waals surface area contributed by atoms with Crippen LogP contribution in [0.2, 0.25) is 0 Å². The molecule has 3 N–H and O–H groups in total. The number of fused-ring (bicyclic) bond motifs is 3. The van der Waals surface area contributed by atoms with Crippen molar-refractivity contribution in [1.29, 1.82) is 0 Å². The maximum atomic E-state index is 13.4. The molecule has 56 heavy (non-hydrogen) atoms. The number of alkyl halides is 3. The van der Waals surface area contributed by atoms with E-state index in [1.807, 2.05) is 12.2 Å². The van der Waals surface area contributed by atoms with Crippen molar-refractivity contribution < 1.29 is 49.9 Å². The molecule has 0 bridgehead atoms. The Morgan fingerprint density at radius 1 is 1.04 bits per heavy atom. The van der Waals surface area contributed by atoms with E-state index in [1.165, 1.54) is 24.1 Å². The van der Waals surface area contributed by atoms with Crippen LogP contribution in [0.25, 0.3) is 33.3 Å². The second-order valence-electron chi connectivity index (χ2n) is 14.8. The van der Waals surface area contributed by atoms with Crippen molar-refractivity contribution in [1.82, 2.24) is 14.6 Å². The number of nitrogens with two attached hydrogens (primary N) is 1. The lowest BCUT2D eigenvalue weighted by atomic mass is 10.1. The number of nitrogens with one attached hydrogen (secondary N) is 1. The highest BCUT2D eigenvalue weighted by Crippen LogP contribution is 2.42. The van der Waals surface area contributed by atoms with Gasteiger partial charge < -0.3 is 24.5 Å². The van der Waals surface area contributed by atoms with Gasteiger partial charge in [0.15, 0.2) is 11.3 Å². The molecule has 2 aliphatic carbocycles. The number of carbonyl (C=O) groups is 3. The number of carbonyl (C=O) groups excluding carboxylic acids is 3. The Hall–Kier alpha value is -5.12. The average molecular weight is 797 g/mol. The highest BCUT2D eigenvalue weighted by atomic mass is 32.2. The Labute approximate surface area is 321 Å². The number of amides is 3. The first-order chi connectivity index (χ1) is 26.7. The van der Waals surface area contributed by atoms with E-state index in [0.717, 1.165) is 37.8 Å². The molecule has 0 radical (unpaired) electrons. The van der Waals surface area contributed by atoms with E-state index in [2.05, 4.69) is 4.72 Å². The molecule has 298 valence electrons. The van der Waals surface area contributed by atoms with Crippen LogP contribution in [0.1, 0.15) is 69.8 Å². The highest BCUT2D eigenvalue weighted by Gasteiger charge is 2.45. The molecule has 3 heterocycles. The molecule has 3 amide bonds. The van der Waals surface area contributed by atoms with Crippen LogP contribution in [0.15, 0.2) is 65.1 Å². The second-order valence-corrected chi connectivity index (χ2v) is 16.7. The predicted molar refractivity (Wildman–Crippen MR) is 201 cm³/mol.